The molecule has 0 saturated heterocycles. The Morgan fingerprint density at radius 3 is 1.62 bits per heavy atom. The van der Waals surface area contributed by atoms with Gasteiger partial charge in [0.25, 0.3) is 0 Å². The summed E-state index contributed by atoms with van der Waals surface area (Å²) in [4.78, 5) is 0. The Hall–Kier alpha value is 0.519. The molecule has 0 bridgehead atoms. The smallest absolute Gasteiger partial charge is 0.175 e. The van der Waals surface area contributed by atoms with E-state index in [1.807, 2.05) is 0 Å². The van der Waals surface area contributed by atoms with E-state index in [2.05, 4.69) is 10.2 Å². The maximum absolute atomic E-state index is 4.70. The molecule has 0 aliphatic heterocycles. The van der Waals surface area contributed by atoms with E-state index in [9.17, 15) is 0 Å². The van der Waals surface area contributed by atoms with E-state index in [1.54, 1.807) is 0 Å². The summed E-state index contributed by atoms with van der Waals surface area (Å²) < 4.78 is 1.40. The van der Waals surface area contributed by atoms with Crippen LogP contribution in [0.5, 0.6) is 0 Å². The van der Waals surface area contributed by atoms with Crippen LogP contribution in [0.25, 0.3) is 0 Å². The fraction of sp³-hybridized carbons (Fsp3) is 0. The zero-order chi connectivity index (χ0) is 5.28. The third-order valence-corrected chi connectivity index (χ3v) is 1.73. The van der Waals surface area contributed by atoms with E-state index in [0.29, 0.717) is 7.91 Å². The van der Waals surface area contributed by atoms with Gasteiger partial charge in [-0.15, -0.1) is 0 Å². The Bertz CT molecular complexity index is 220. The van der Waals surface area contributed by atoms with Crippen molar-refractivity contribution in [3.63, 3.8) is 0 Å². The first-order valence-electron chi connectivity index (χ1n) is 1.57. The summed E-state index contributed by atoms with van der Waals surface area (Å²) in [5.74, 6) is 0. The fourth-order valence-corrected chi connectivity index (χ4v) is 1.37. The summed E-state index contributed by atoms with van der Waals surface area (Å²) in [6.07, 6.45) is 0. The van der Waals surface area contributed by atoms with Gasteiger partial charge in [0.2, 0.25) is 0 Å². The predicted molar refractivity (Wildman–Crippen MR) is 34.7 cm³/mol. The van der Waals surface area contributed by atoms with Crippen LogP contribution in [0.4, 0.5) is 0 Å². The molecule has 0 fully saturated rings. The standard InChI is InChI=1S/C2H2N2S3.Mn/c5-1-3-4-2(6)7-1;/h(H,3,5)(H,4,6);. The molecule has 0 unspecified atom stereocenters. The minimum absolute atomic E-state index is 0. The molecular formula is C2H2MnN2S3. The van der Waals surface area contributed by atoms with Crippen molar-refractivity contribution in [2.24, 2.45) is 0 Å². The topological polar surface area (TPSA) is 31.6 Å². The number of rotatable bonds is 0. The first-order chi connectivity index (χ1) is 3.29. The van der Waals surface area contributed by atoms with E-state index >= 15 is 0 Å². The summed E-state index contributed by atoms with van der Waals surface area (Å²) in [5, 5.41) is 5.34. The maximum atomic E-state index is 4.70. The van der Waals surface area contributed by atoms with E-state index in [1.165, 1.54) is 11.3 Å². The average Bonchev–Trinajstić information content (AvgIpc) is 1.87. The number of H-pyrrole nitrogens is 2. The van der Waals surface area contributed by atoms with Crippen LogP contribution in [0.1, 0.15) is 0 Å². The Kier molecular flexibility index (Phi) is 3.76. The molecule has 0 spiro atoms. The molecule has 1 aromatic rings. The van der Waals surface area contributed by atoms with Gasteiger partial charge in [-0.25, -0.2) is 0 Å². The average molecular weight is 205 g/mol. The molecule has 0 amide bonds. The minimum Gasteiger partial charge on any atom is -0.281 e. The third kappa shape index (κ3) is 2.19. The molecule has 1 radical (unpaired) electrons. The molecule has 0 aromatic carbocycles. The second-order valence-corrected chi connectivity index (χ2v) is 3.28. The van der Waals surface area contributed by atoms with Gasteiger partial charge in [0.1, 0.15) is 0 Å². The van der Waals surface area contributed by atoms with Crippen LogP contribution in [0.2, 0.25) is 0 Å². The molecule has 1 heterocycles. The van der Waals surface area contributed by atoms with Gasteiger partial charge < -0.3 is 0 Å². The predicted octanol–water partition coefficient (Wildman–Crippen LogP) is 1.86. The van der Waals surface area contributed by atoms with Crippen LogP contribution in [-0.4, -0.2) is 10.2 Å². The Morgan fingerprint density at radius 2 is 1.50 bits per heavy atom. The quantitative estimate of drug-likeness (QED) is 0.500. The number of aromatic nitrogens is 2. The van der Waals surface area contributed by atoms with E-state index in [-0.39, 0.29) is 17.1 Å². The first kappa shape index (κ1) is 8.52. The van der Waals surface area contributed by atoms with Crippen molar-refractivity contribution in [1.29, 1.82) is 0 Å². The van der Waals surface area contributed by atoms with Gasteiger partial charge in [-0.05, 0) is 24.4 Å². The normalized spacial score (nSPS) is 8.00. The van der Waals surface area contributed by atoms with Crippen LogP contribution in [-0.2, 0) is 17.1 Å². The zero-order valence-electron chi connectivity index (χ0n) is 3.60. The van der Waals surface area contributed by atoms with Gasteiger partial charge in [0, 0.05) is 17.1 Å². The monoisotopic (exact) mass is 205 g/mol. The fourth-order valence-electron chi connectivity index (χ4n) is 0.237. The Labute approximate surface area is 70.8 Å². The van der Waals surface area contributed by atoms with Gasteiger partial charge in [-0.3, -0.25) is 10.2 Å². The number of hydrogen-bond acceptors (Lipinski definition) is 3. The van der Waals surface area contributed by atoms with Crippen molar-refractivity contribution < 1.29 is 17.1 Å². The molecule has 1 aromatic heterocycles. The van der Waals surface area contributed by atoms with Gasteiger partial charge in [-0.2, -0.15) is 0 Å². The molecule has 0 aliphatic rings. The molecule has 1 rings (SSSR count). The molecule has 6 heteroatoms. The summed E-state index contributed by atoms with van der Waals surface area (Å²) in [7, 11) is 0. The number of nitrogens with one attached hydrogen (secondary N) is 2. The van der Waals surface area contributed by atoms with Crippen molar-refractivity contribution in [1.82, 2.24) is 10.2 Å². The largest absolute Gasteiger partial charge is 0.281 e. The Balaban J connectivity index is 0.000000490. The Morgan fingerprint density at radius 1 is 1.12 bits per heavy atom. The van der Waals surface area contributed by atoms with E-state index < -0.39 is 0 Å². The van der Waals surface area contributed by atoms with Crippen molar-refractivity contribution in [2.75, 3.05) is 0 Å². The van der Waals surface area contributed by atoms with Crippen molar-refractivity contribution in [3.8, 4) is 0 Å². The molecular weight excluding hydrogens is 203 g/mol. The SMILES string of the molecule is S=c1[nH][nH]c(=S)s1.[Mn]. The van der Waals surface area contributed by atoms with Gasteiger partial charge >= 0.3 is 0 Å². The maximum Gasteiger partial charge on any atom is 0.175 e. The number of hydrogen-bond donors (Lipinski definition) is 2. The summed E-state index contributed by atoms with van der Waals surface area (Å²) in [5.41, 5.74) is 0. The van der Waals surface area contributed by atoms with Crippen molar-refractivity contribution >= 4 is 35.8 Å². The first-order valence-corrected chi connectivity index (χ1v) is 3.20. The van der Waals surface area contributed by atoms with Crippen LogP contribution in [0.15, 0.2) is 0 Å². The second-order valence-electron chi connectivity index (χ2n) is 0.927. The molecule has 0 aliphatic carbocycles. The van der Waals surface area contributed by atoms with Gasteiger partial charge in [-0.1, -0.05) is 11.3 Å². The summed E-state index contributed by atoms with van der Waals surface area (Å²) >= 11 is 10.8. The van der Waals surface area contributed by atoms with Crippen LogP contribution in [0.3, 0.4) is 0 Å². The van der Waals surface area contributed by atoms with Gasteiger partial charge in [0.15, 0.2) is 7.91 Å². The van der Waals surface area contributed by atoms with E-state index in [0.717, 1.165) is 0 Å². The molecule has 0 atom stereocenters. The molecule has 2 N–H and O–H groups in total. The van der Waals surface area contributed by atoms with Crippen molar-refractivity contribution in [2.45, 2.75) is 0 Å². The van der Waals surface area contributed by atoms with Gasteiger partial charge in [0.05, 0.1) is 0 Å². The summed E-state index contributed by atoms with van der Waals surface area (Å²) in [6.45, 7) is 0. The minimum atomic E-state index is 0. The van der Waals surface area contributed by atoms with Crippen LogP contribution < -0.4 is 0 Å². The zero-order valence-corrected chi connectivity index (χ0v) is 7.23. The van der Waals surface area contributed by atoms with Crippen LogP contribution in [0, 0.1) is 7.91 Å². The molecule has 8 heavy (non-hydrogen) atoms. The van der Waals surface area contributed by atoms with Crippen LogP contribution >= 0.6 is 35.8 Å². The molecule has 45 valence electrons. The summed E-state index contributed by atoms with van der Waals surface area (Å²) in [6, 6.07) is 0. The van der Waals surface area contributed by atoms with E-state index in [4.69, 9.17) is 24.4 Å². The third-order valence-electron chi connectivity index (χ3n) is 0.452. The number of aromatic amines is 2. The second kappa shape index (κ2) is 3.53. The van der Waals surface area contributed by atoms with Crippen molar-refractivity contribution in [3.05, 3.63) is 7.91 Å². The molecule has 2 nitrogen and oxygen atoms in total. The molecule has 0 saturated carbocycles.